The van der Waals surface area contributed by atoms with E-state index in [-0.39, 0.29) is 14.9 Å². The van der Waals surface area contributed by atoms with Gasteiger partial charge in [0.05, 0.1) is 0 Å². The van der Waals surface area contributed by atoms with E-state index in [4.69, 9.17) is 0 Å². The summed E-state index contributed by atoms with van der Waals surface area (Å²) in [5.74, 6) is 0.560. The molecule has 0 saturated heterocycles. The first-order chi connectivity index (χ1) is 14.6. The minimum absolute atomic E-state index is 0. The second-order valence-corrected chi connectivity index (χ2v) is 8.66. The van der Waals surface area contributed by atoms with Crippen LogP contribution in [0.25, 0.3) is 21.9 Å². The average Bonchev–Trinajstić information content (AvgIpc) is 3.24. The van der Waals surface area contributed by atoms with E-state index in [0.29, 0.717) is 5.92 Å². The van der Waals surface area contributed by atoms with E-state index in [0.717, 1.165) is 0 Å². The summed E-state index contributed by atoms with van der Waals surface area (Å²) >= 11 is 1.36. The predicted molar refractivity (Wildman–Crippen MR) is 147 cm³/mol. The molecule has 3 aromatic rings. The third-order valence-electron chi connectivity index (χ3n) is 7.04. The molecular weight excluding hydrogens is 492 g/mol. The van der Waals surface area contributed by atoms with Gasteiger partial charge in [-0.15, -0.1) is 40.5 Å². The zero-order valence-electron chi connectivity index (χ0n) is 22.5. The molecule has 0 amide bonds. The Morgan fingerprint density at radius 2 is 1.30 bits per heavy atom. The Hall–Kier alpha value is -1.37. The second kappa shape index (κ2) is 13.5. The molecule has 1 aliphatic rings. The number of rotatable bonds is 1. The molecule has 0 spiro atoms. The van der Waals surface area contributed by atoms with Crippen molar-refractivity contribution in [1.29, 1.82) is 0 Å². The fraction of sp³-hybridized carbons (Fsp3) is 0.323. The molecule has 3 aromatic carbocycles. The van der Waals surface area contributed by atoms with Crippen molar-refractivity contribution in [2.45, 2.75) is 62.3 Å². The third kappa shape index (κ3) is 6.40. The molecule has 0 bridgehead atoms. The van der Waals surface area contributed by atoms with Gasteiger partial charge in [-0.2, -0.15) is 11.1 Å². The summed E-state index contributed by atoms with van der Waals surface area (Å²) in [6, 6.07) is 13.1. The van der Waals surface area contributed by atoms with E-state index in [2.05, 4.69) is 112 Å². The number of fused-ring (bicyclic) bond motifs is 1. The molecule has 0 heterocycles. The van der Waals surface area contributed by atoms with E-state index in [9.17, 15) is 0 Å². The summed E-state index contributed by atoms with van der Waals surface area (Å²) in [5.41, 5.74) is 14.1. The number of hydrogen-bond acceptors (Lipinski definition) is 0. The van der Waals surface area contributed by atoms with Crippen LogP contribution in [0.1, 0.15) is 55.5 Å². The van der Waals surface area contributed by atoms with Gasteiger partial charge in [0.2, 0.25) is 0 Å². The van der Waals surface area contributed by atoms with Gasteiger partial charge in [0, 0.05) is 0 Å². The average molecular weight is 532 g/mol. The maximum atomic E-state index is 3.36. The van der Waals surface area contributed by atoms with Crippen LogP contribution < -0.4 is 0 Å². The van der Waals surface area contributed by atoms with Gasteiger partial charge in [-0.05, 0) is 20.8 Å². The van der Waals surface area contributed by atoms with Crippen molar-refractivity contribution in [3.8, 4) is 11.1 Å². The van der Waals surface area contributed by atoms with Crippen LogP contribution >= 0.6 is 0 Å². The van der Waals surface area contributed by atoms with Crippen molar-refractivity contribution >= 4 is 17.7 Å². The molecule has 0 saturated carbocycles. The predicted octanol–water partition coefficient (Wildman–Crippen LogP) is 9.01. The topological polar surface area (TPSA) is 0 Å². The van der Waals surface area contributed by atoms with Crippen molar-refractivity contribution in [3.63, 3.8) is 0 Å². The van der Waals surface area contributed by atoms with Crippen LogP contribution in [0.2, 0.25) is 0 Å². The first-order valence-corrected chi connectivity index (χ1v) is 15.1. The SMILES string of the molecule is CC1=[C-]C(C)C(C)=C1C.Cc1[cH-]c2c(C)c(C)c(C)c(C)c2c1-c1ccccc1.[CH3-].[CH3-].[Si]=[Zr]. The molecule has 1 aliphatic carbocycles. The summed E-state index contributed by atoms with van der Waals surface area (Å²) in [4.78, 5) is 0. The molecule has 2 heteroatoms. The summed E-state index contributed by atoms with van der Waals surface area (Å²) in [6.45, 7) is 22.9. The fourth-order valence-electron chi connectivity index (χ4n) is 4.47. The zero-order valence-corrected chi connectivity index (χ0v) is 26.0. The number of aryl methyl sites for hydroxylation is 3. The van der Waals surface area contributed by atoms with E-state index in [1.807, 2.05) is 0 Å². The summed E-state index contributed by atoms with van der Waals surface area (Å²) < 4.78 is 0. The van der Waals surface area contributed by atoms with Crippen molar-refractivity contribution < 1.29 is 23.3 Å². The summed E-state index contributed by atoms with van der Waals surface area (Å²) in [7, 11) is 0. The summed E-state index contributed by atoms with van der Waals surface area (Å²) in [5, 5.41) is 2.86. The third-order valence-corrected chi connectivity index (χ3v) is 7.04. The Bertz CT molecular complexity index is 1140. The van der Waals surface area contributed by atoms with Crippen LogP contribution in [0, 0.1) is 61.5 Å². The van der Waals surface area contributed by atoms with Crippen molar-refractivity contribution in [2.24, 2.45) is 5.92 Å². The van der Waals surface area contributed by atoms with Crippen molar-refractivity contribution in [3.05, 3.63) is 102 Å². The Morgan fingerprint density at radius 3 is 1.73 bits per heavy atom. The Balaban J connectivity index is 0.000000672. The molecule has 4 rings (SSSR count). The molecule has 1 unspecified atom stereocenters. The van der Waals surface area contributed by atoms with Crippen LogP contribution in [0.4, 0.5) is 0 Å². The van der Waals surface area contributed by atoms with Crippen molar-refractivity contribution in [1.82, 2.24) is 0 Å². The van der Waals surface area contributed by atoms with Crippen LogP contribution in [0.5, 0.6) is 0 Å². The number of hydrogen-bond donors (Lipinski definition) is 0. The molecule has 0 N–H and O–H groups in total. The molecule has 2 radical (unpaired) electrons. The normalized spacial score (nSPS) is 14.3. The van der Waals surface area contributed by atoms with Gasteiger partial charge in [0.25, 0.3) is 0 Å². The molecule has 33 heavy (non-hydrogen) atoms. The van der Waals surface area contributed by atoms with Crippen molar-refractivity contribution in [2.75, 3.05) is 0 Å². The first kappa shape index (κ1) is 31.6. The van der Waals surface area contributed by atoms with Crippen LogP contribution in [-0.4, -0.2) is 6.88 Å². The van der Waals surface area contributed by atoms with Gasteiger partial charge in [-0.25, -0.2) is 5.57 Å². The quantitative estimate of drug-likeness (QED) is 0.217. The van der Waals surface area contributed by atoms with Gasteiger partial charge in [0.15, 0.2) is 0 Å². The Morgan fingerprint density at radius 1 is 0.788 bits per heavy atom. The molecule has 0 aliphatic heterocycles. The summed E-state index contributed by atoms with van der Waals surface area (Å²) in [6.07, 6.45) is 3.36. The van der Waals surface area contributed by atoms with Gasteiger partial charge >= 0.3 is 30.2 Å². The monoisotopic (exact) mass is 530 g/mol. The fourth-order valence-corrected chi connectivity index (χ4v) is 4.47. The molecule has 0 nitrogen and oxygen atoms in total. The Labute approximate surface area is 221 Å². The molecule has 176 valence electrons. The van der Waals surface area contributed by atoms with Gasteiger partial charge < -0.3 is 14.9 Å². The van der Waals surface area contributed by atoms with Crippen LogP contribution in [0.3, 0.4) is 0 Å². The number of benzene rings is 2. The first-order valence-electron chi connectivity index (χ1n) is 10.9. The van der Waals surface area contributed by atoms with E-state index in [1.165, 1.54) is 89.8 Å². The van der Waals surface area contributed by atoms with E-state index in [1.54, 1.807) is 0 Å². The van der Waals surface area contributed by atoms with E-state index < -0.39 is 0 Å². The molecular formula is C31H40SiZr-4. The number of allylic oxidation sites excluding steroid dienone is 4. The van der Waals surface area contributed by atoms with Crippen LogP contribution in [-0.2, 0) is 23.3 Å². The Kier molecular flexibility index (Phi) is 12.9. The van der Waals surface area contributed by atoms with Gasteiger partial charge in [-0.3, -0.25) is 6.08 Å². The van der Waals surface area contributed by atoms with Gasteiger partial charge in [-0.1, -0.05) is 93.1 Å². The minimum atomic E-state index is 0. The standard InChI is InChI=1S/C20H21.C9H13.2CH3.Si.Zr/c1-12-11-18-15(4)13(2)14(3)16(5)20(18)19(12)17-9-7-6-8-10-17;1-6-5-7(2)9(4)8(6)3;;;;/h6-11H,1-5H3;6H,1-4H3;2*1H3;;/q4*-1;;. The molecule has 0 fully saturated rings. The van der Waals surface area contributed by atoms with E-state index >= 15 is 0 Å². The second-order valence-electron chi connectivity index (χ2n) is 8.66. The maximum absolute atomic E-state index is 3.36. The molecule has 0 aromatic heterocycles. The van der Waals surface area contributed by atoms with Crippen LogP contribution in [0.15, 0.2) is 53.1 Å². The zero-order chi connectivity index (χ0) is 23.5. The molecule has 1 atom stereocenters. The van der Waals surface area contributed by atoms with Gasteiger partial charge in [0.1, 0.15) is 0 Å².